The molecule has 6 heteroatoms. The Kier molecular flexibility index (Phi) is 129. The van der Waals surface area contributed by atoms with Gasteiger partial charge in [0, 0.05) is 14.2 Å². The van der Waals surface area contributed by atoms with Crippen molar-refractivity contribution in [3.05, 3.63) is 12.7 Å². The van der Waals surface area contributed by atoms with Crippen LogP contribution in [0, 0.1) is 0 Å². The number of halogens is 2. The lowest BCUT2D eigenvalue weighted by molar-refractivity contribution is -0.104. The molecule has 0 amide bonds. The minimum atomic E-state index is -0.248. The molecule has 0 heterocycles. The van der Waals surface area contributed by atoms with E-state index in [4.69, 9.17) is 25.9 Å². The smallest absolute Gasteiger partial charge is 0.170 e. The summed E-state index contributed by atoms with van der Waals surface area (Å²) in [7, 11) is 3.10. The molecule has 0 aromatic carbocycles. The van der Waals surface area contributed by atoms with Crippen molar-refractivity contribution in [3.8, 4) is 0 Å². The number of hydrogen-bond acceptors (Lipinski definition) is 3. The number of carbonyl (C=O) groups excluding carboxylic acids is 1. The third-order valence-corrected chi connectivity index (χ3v) is 1.000. The van der Waals surface area contributed by atoms with E-state index >= 15 is 0 Å². The molecule has 0 fully saturated rings. The number of aldehydes is 1. The normalized spacial score (nSPS) is 5.75. The van der Waals surface area contributed by atoms with Crippen LogP contribution in [0.3, 0.4) is 0 Å². The molecule has 2 N–H and O–H groups in total. The van der Waals surface area contributed by atoms with Crippen LogP contribution in [0.2, 0.25) is 0 Å². The lowest BCUT2D eigenvalue weighted by atomic mass is 10.7. The summed E-state index contributed by atoms with van der Waals surface area (Å²) in [4.78, 5) is 9.06. The molecule has 0 radical (unpaired) electrons. The summed E-state index contributed by atoms with van der Waals surface area (Å²) in [5.41, 5.74) is 0. The quantitative estimate of drug-likeness (QED) is 0.345. The Morgan fingerprint density at radius 3 is 1.50 bits per heavy atom. The number of alkyl halides is 1. The standard InChI is InChI=1S/C4H9ClO2.C3H4O.3CH4.ClH.H2O/c1-6-4(3-5)7-2;1-2-3-4;;;;;/h4H,3H2,1-2H3;2-3H,1H2;3*1H4;1H;1H2. The molecule has 0 saturated carbocycles. The fraction of sp³-hybridized carbons (Fsp3) is 0.700. The number of rotatable bonds is 4. The summed E-state index contributed by atoms with van der Waals surface area (Å²) < 4.78 is 9.39. The molecule has 0 bridgehead atoms. The van der Waals surface area contributed by atoms with Crippen LogP contribution in [0.25, 0.3) is 0 Å². The van der Waals surface area contributed by atoms with Gasteiger partial charge in [-0.3, -0.25) is 4.79 Å². The molecule has 0 saturated heterocycles. The molecule has 0 rings (SSSR count). The van der Waals surface area contributed by atoms with E-state index in [2.05, 4.69) is 6.58 Å². The van der Waals surface area contributed by atoms with Gasteiger partial charge in [-0.1, -0.05) is 28.9 Å². The Hall–Kier alpha value is -0.130. The van der Waals surface area contributed by atoms with Crippen LogP contribution in [-0.4, -0.2) is 38.2 Å². The summed E-state index contributed by atoms with van der Waals surface area (Å²) >= 11 is 5.32. The predicted octanol–water partition coefficient (Wildman–Crippen LogP) is 2.72. The minimum absolute atomic E-state index is 0. The van der Waals surface area contributed by atoms with E-state index < -0.39 is 0 Å². The van der Waals surface area contributed by atoms with Crippen LogP contribution >= 0.6 is 24.0 Å². The Bertz CT molecular complexity index is 87.3. The van der Waals surface area contributed by atoms with Crippen molar-refractivity contribution in [3.63, 3.8) is 0 Å². The highest BCUT2D eigenvalue weighted by molar-refractivity contribution is 6.18. The minimum Gasteiger partial charge on any atom is -0.412 e. The highest BCUT2D eigenvalue weighted by atomic mass is 35.5. The van der Waals surface area contributed by atoms with Gasteiger partial charge in [0.1, 0.15) is 6.29 Å². The van der Waals surface area contributed by atoms with E-state index in [0.717, 1.165) is 0 Å². The number of methoxy groups -OCH3 is 2. The van der Waals surface area contributed by atoms with Gasteiger partial charge >= 0.3 is 0 Å². The van der Waals surface area contributed by atoms with Crippen molar-refractivity contribution >= 4 is 30.3 Å². The van der Waals surface area contributed by atoms with Gasteiger partial charge in [-0.2, -0.15) is 0 Å². The van der Waals surface area contributed by atoms with Crippen LogP contribution in [0.5, 0.6) is 0 Å². The van der Waals surface area contributed by atoms with Gasteiger partial charge in [-0.05, 0) is 6.08 Å². The zero-order chi connectivity index (χ0) is 9.11. The molecule has 16 heavy (non-hydrogen) atoms. The molecular weight excluding hydrogens is 255 g/mol. The van der Waals surface area contributed by atoms with E-state index in [1.54, 1.807) is 14.2 Å². The molecular formula is C10H28Cl2O4. The molecule has 0 aliphatic heterocycles. The lowest BCUT2D eigenvalue weighted by Crippen LogP contribution is -2.13. The van der Waals surface area contributed by atoms with Gasteiger partial charge in [-0.15, -0.1) is 24.0 Å². The van der Waals surface area contributed by atoms with Gasteiger partial charge in [0.2, 0.25) is 0 Å². The Morgan fingerprint density at radius 2 is 1.50 bits per heavy atom. The summed E-state index contributed by atoms with van der Waals surface area (Å²) in [6.45, 7) is 3.11. The Balaban J connectivity index is -0.0000000165. The lowest BCUT2D eigenvalue weighted by Gasteiger charge is -2.06. The van der Waals surface area contributed by atoms with Crippen LogP contribution in [0.15, 0.2) is 12.7 Å². The molecule has 0 aliphatic carbocycles. The van der Waals surface area contributed by atoms with Crippen molar-refractivity contribution in [2.75, 3.05) is 20.1 Å². The Morgan fingerprint density at radius 1 is 1.25 bits per heavy atom. The van der Waals surface area contributed by atoms with Gasteiger partial charge in [0.05, 0.1) is 5.88 Å². The summed E-state index contributed by atoms with van der Waals surface area (Å²) in [5, 5.41) is 0. The van der Waals surface area contributed by atoms with Crippen molar-refractivity contribution in [2.45, 2.75) is 28.6 Å². The molecule has 0 unspecified atom stereocenters. The molecule has 0 aliphatic rings. The SMILES string of the molecule is C.C.C.C=CC=O.COC(CCl)OC.Cl.O. The zero-order valence-corrected chi connectivity index (χ0v) is 9.23. The third-order valence-electron chi connectivity index (χ3n) is 0.748. The summed E-state index contributed by atoms with van der Waals surface area (Å²) in [6, 6.07) is 0. The van der Waals surface area contributed by atoms with E-state index in [1.807, 2.05) is 0 Å². The highest BCUT2D eigenvalue weighted by Gasteiger charge is 1.98. The monoisotopic (exact) mass is 282 g/mol. The predicted molar refractivity (Wildman–Crippen MR) is 75.8 cm³/mol. The van der Waals surface area contributed by atoms with Gasteiger partial charge in [0.25, 0.3) is 0 Å². The van der Waals surface area contributed by atoms with E-state index in [-0.39, 0.29) is 46.5 Å². The third kappa shape index (κ3) is 48.7. The van der Waals surface area contributed by atoms with Crippen LogP contribution in [0.1, 0.15) is 22.3 Å². The topological polar surface area (TPSA) is 67.0 Å². The van der Waals surface area contributed by atoms with E-state index in [0.29, 0.717) is 12.2 Å². The number of ether oxygens (including phenoxy) is 2. The first-order chi connectivity index (χ1) is 5.26. The second-order valence-corrected chi connectivity index (χ2v) is 1.74. The van der Waals surface area contributed by atoms with Gasteiger partial charge in [0.15, 0.2) is 6.29 Å². The second kappa shape index (κ2) is 46.2. The zero-order valence-electron chi connectivity index (χ0n) is 7.66. The average molecular weight is 283 g/mol. The fourth-order valence-corrected chi connectivity index (χ4v) is 0.474. The highest BCUT2D eigenvalue weighted by Crippen LogP contribution is 1.91. The molecule has 106 valence electrons. The van der Waals surface area contributed by atoms with Gasteiger partial charge < -0.3 is 14.9 Å². The fourth-order valence-electron chi connectivity index (χ4n) is 0.222. The number of allylic oxidation sites excluding steroid dienone is 1. The van der Waals surface area contributed by atoms with E-state index in [9.17, 15) is 0 Å². The van der Waals surface area contributed by atoms with Crippen LogP contribution < -0.4 is 0 Å². The summed E-state index contributed by atoms with van der Waals surface area (Å²) in [5.74, 6) is 0.382. The number of carbonyl (C=O) groups is 1. The molecule has 0 spiro atoms. The van der Waals surface area contributed by atoms with Crippen molar-refractivity contribution < 1.29 is 19.7 Å². The maximum Gasteiger partial charge on any atom is 0.170 e. The maximum atomic E-state index is 9.06. The van der Waals surface area contributed by atoms with Gasteiger partial charge in [-0.25, -0.2) is 0 Å². The number of hydrogen-bond donors (Lipinski definition) is 0. The van der Waals surface area contributed by atoms with Crippen molar-refractivity contribution in [1.29, 1.82) is 0 Å². The molecule has 4 nitrogen and oxygen atoms in total. The first-order valence-corrected chi connectivity index (χ1v) is 3.48. The first kappa shape index (κ1) is 44.6. The van der Waals surface area contributed by atoms with E-state index in [1.165, 1.54) is 6.08 Å². The first-order valence-electron chi connectivity index (χ1n) is 2.94. The summed E-state index contributed by atoms with van der Waals surface area (Å²) in [6.07, 6.45) is 1.58. The largest absolute Gasteiger partial charge is 0.412 e. The second-order valence-electron chi connectivity index (χ2n) is 1.43. The molecule has 0 aromatic heterocycles. The van der Waals surface area contributed by atoms with Crippen LogP contribution in [-0.2, 0) is 14.3 Å². The average Bonchev–Trinajstić information content (AvgIpc) is 2.08. The Labute approximate surface area is 112 Å². The molecule has 0 atom stereocenters. The molecule has 0 aromatic rings. The van der Waals surface area contributed by atoms with Crippen molar-refractivity contribution in [1.82, 2.24) is 0 Å². The van der Waals surface area contributed by atoms with Crippen molar-refractivity contribution in [2.24, 2.45) is 0 Å². The maximum absolute atomic E-state index is 9.06. The van der Waals surface area contributed by atoms with Crippen LogP contribution in [0.4, 0.5) is 0 Å².